The van der Waals surface area contributed by atoms with Crippen LogP contribution in [0.3, 0.4) is 0 Å². The molecule has 0 spiro atoms. The molecule has 1 heterocycles. The van der Waals surface area contributed by atoms with Gasteiger partial charge in [-0.05, 0) is 38.0 Å². The maximum absolute atomic E-state index is 13.3. The molecule has 0 bridgehead atoms. The number of hydrogen-bond acceptors (Lipinski definition) is 3. The topological polar surface area (TPSA) is 49.8 Å². The van der Waals surface area contributed by atoms with E-state index in [1.54, 1.807) is 24.0 Å². The van der Waals surface area contributed by atoms with Crippen LogP contribution in [0.5, 0.6) is 0 Å². The van der Waals surface area contributed by atoms with E-state index in [1.807, 2.05) is 0 Å². The summed E-state index contributed by atoms with van der Waals surface area (Å²) < 4.78 is 18.9. The second-order valence-corrected chi connectivity index (χ2v) is 5.68. The van der Waals surface area contributed by atoms with E-state index in [9.17, 15) is 14.3 Å². The lowest BCUT2D eigenvalue weighted by Gasteiger charge is -2.36. The van der Waals surface area contributed by atoms with Gasteiger partial charge in [-0.1, -0.05) is 12.1 Å². The largest absolute Gasteiger partial charge is 0.381 e. The predicted molar refractivity (Wildman–Crippen MR) is 72.7 cm³/mol. The van der Waals surface area contributed by atoms with Crippen molar-refractivity contribution in [2.45, 2.75) is 32.5 Å². The predicted octanol–water partition coefficient (Wildman–Crippen LogP) is 1.80. The van der Waals surface area contributed by atoms with E-state index in [0.717, 1.165) is 5.56 Å². The number of ether oxygens (including phenoxy) is 1. The number of hydrogen-bond donors (Lipinski definition) is 1. The smallest absolute Gasteiger partial charge is 0.254 e. The lowest BCUT2D eigenvalue weighted by molar-refractivity contribution is -0.155. The molecule has 0 aromatic heterocycles. The molecule has 2 rings (SSSR count). The Morgan fingerprint density at radius 2 is 2.20 bits per heavy atom. The standard InChI is InChI=1S/C15H20FNO3/c1-10-8-11(4-5-12(10)16)13-9-17(6-7-20-13)14(18)15(2,3)19/h4-5,8,13,19H,6-7,9H2,1-3H3. The maximum atomic E-state index is 13.3. The van der Waals surface area contributed by atoms with Crippen LogP contribution in [0.15, 0.2) is 18.2 Å². The lowest BCUT2D eigenvalue weighted by Crippen LogP contribution is -2.50. The minimum absolute atomic E-state index is 0.256. The van der Waals surface area contributed by atoms with Crippen LogP contribution >= 0.6 is 0 Å². The Hall–Kier alpha value is -1.46. The Balaban J connectivity index is 2.14. The van der Waals surface area contributed by atoms with Crippen LogP contribution in [0.4, 0.5) is 4.39 Å². The van der Waals surface area contributed by atoms with Gasteiger partial charge in [-0.2, -0.15) is 0 Å². The van der Waals surface area contributed by atoms with Crippen molar-refractivity contribution in [3.05, 3.63) is 35.1 Å². The molecule has 0 radical (unpaired) electrons. The summed E-state index contributed by atoms with van der Waals surface area (Å²) in [5, 5.41) is 9.79. The van der Waals surface area contributed by atoms with Crippen molar-refractivity contribution in [3.8, 4) is 0 Å². The molecule has 1 atom stereocenters. The molecule has 0 aliphatic carbocycles. The number of amides is 1. The first-order valence-electron chi connectivity index (χ1n) is 6.68. The highest BCUT2D eigenvalue weighted by Crippen LogP contribution is 2.25. The monoisotopic (exact) mass is 281 g/mol. The highest BCUT2D eigenvalue weighted by molar-refractivity contribution is 5.84. The molecule has 1 aliphatic rings. The van der Waals surface area contributed by atoms with Crippen molar-refractivity contribution in [2.75, 3.05) is 19.7 Å². The highest BCUT2D eigenvalue weighted by atomic mass is 19.1. The van der Waals surface area contributed by atoms with Gasteiger partial charge in [-0.25, -0.2) is 4.39 Å². The number of aliphatic hydroxyl groups is 1. The Morgan fingerprint density at radius 3 is 2.80 bits per heavy atom. The first-order chi connectivity index (χ1) is 9.29. The first kappa shape index (κ1) is 14.9. The van der Waals surface area contributed by atoms with E-state index in [2.05, 4.69) is 0 Å². The molecule has 1 saturated heterocycles. The summed E-state index contributed by atoms with van der Waals surface area (Å²) in [5.74, 6) is -0.571. The fourth-order valence-electron chi connectivity index (χ4n) is 2.29. The summed E-state index contributed by atoms with van der Waals surface area (Å²) >= 11 is 0. The number of carbonyl (C=O) groups is 1. The van der Waals surface area contributed by atoms with Gasteiger partial charge in [0.1, 0.15) is 17.5 Å². The number of nitrogens with zero attached hydrogens (tertiary/aromatic N) is 1. The summed E-state index contributed by atoms with van der Waals surface area (Å²) in [4.78, 5) is 13.7. The van der Waals surface area contributed by atoms with E-state index in [-0.39, 0.29) is 17.8 Å². The zero-order valence-electron chi connectivity index (χ0n) is 12.0. The van der Waals surface area contributed by atoms with Crippen molar-refractivity contribution in [3.63, 3.8) is 0 Å². The van der Waals surface area contributed by atoms with Gasteiger partial charge in [0.25, 0.3) is 5.91 Å². The molecule has 20 heavy (non-hydrogen) atoms. The molecule has 1 aromatic rings. The van der Waals surface area contributed by atoms with Crippen LogP contribution < -0.4 is 0 Å². The normalized spacial score (nSPS) is 20.1. The summed E-state index contributed by atoms with van der Waals surface area (Å²) in [7, 11) is 0. The van der Waals surface area contributed by atoms with Gasteiger partial charge in [0, 0.05) is 6.54 Å². The summed E-state index contributed by atoms with van der Waals surface area (Å²) in [5.41, 5.74) is 0.00910. The van der Waals surface area contributed by atoms with E-state index < -0.39 is 5.60 Å². The summed E-state index contributed by atoms with van der Waals surface area (Å²) in [6.45, 7) is 5.88. The molecule has 1 N–H and O–H groups in total. The molecule has 1 fully saturated rings. The molecule has 0 saturated carbocycles. The van der Waals surface area contributed by atoms with Crippen LogP contribution in [0, 0.1) is 12.7 Å². The van der Waals surface area contributed by atoms with Crippen LogP contribution in [-0.2, 0) is 9.53 Å². The fourth-order valence-corrected chi connectivity index (χ4v) is 2.29. The average molecular weight is 281 g/mol. The second kappa shape index (κ2) is 5.50. The van der Waals surface area contributed by atoms with E-state index >= 15 is 0 Å². The third-order valence-electron chi connectivity index (χ3n) is 3.43. The van der Waals surface area contributed by atoms with Gasteiger partial charge in [-0.3, -0.25) is 4.79 Å². The van der Waals surface area contributed by atoms with E-state index in [4.69, 9.17) is 4.74 Å². The SMILES string of the molecule is Cc1cc(C2CN(C(=O)C(C)(C)O)CCO2)ccc1F. The number of benzene rings is 1. The molecular weight excluding hydrogens is 261 g/mol. The van der Waals surface area contributed by atoms with E-state index in [1.165, 1.54) is 19.9 Å². The van der Waals surface area contributed by atoms with Gasteiger partial charge in [0.05, 0.1) is 13.2 Å². The van der Waals surface area contributed by atoms with Crippen molar-refractivity contribution < 1.29 is 19.0 Å². The molecule has 110 valence electrons. The molecule has 5 heteroatoms. The van der Waals surface area contributed by atoms with Crippen LogP contribution in [0.1, 0.15) is 31.1 Å². The average Bonchev–Trinajstić information content (AvgIpc) is 2.40. The Bertz CT molecular complexity index is 510. The highest BCUT2D eigenvalue weighted by Gasteiger charge is 2.33. The van der Waals surface area contributed by atoms with Gasteiger partial charge in [-0.15, -0.1) is 0 Å². The molecule has 4 nitrogen and oxygen atoms in total. The van der Waals surface area contributed by atoms with Crippen LogP contribution in [0.25, 0.3) is 0 Å². The molecule has 1 aliphatic heterocycles. The number of rotatable bonds is 2. The number of carbonyl (C=O) groups excluding carboxylic acids is 1. The third-order valence-corrected chi connectivity index (χ3v) is 3.43. The van der Waals surface area contributed by atoms with E-state index in [0.29, 0.717) is 25.3 Å². The Labute approximate surface area is 118 Å². The maximum Gasteiger partial charge on any atom is 0.254 e. The van der Waals surface area contributed by atoms with Crippen molar-refractivity contribution >= 4 is 5.91 Å². The van der Waals surface area contributed by atoms with Gasteiger partial charge < -0.3 is 14.7 Å². The Morgan fingerprint density at radius 1 is 1.50 bits per heavy atom. The van der Waals surface area contributed by atoms with Gasteiger partial charge in [0.2, 0.25) is 0 Å². The molecular formula is C15H20FNO3. The number of morpholine rings is 1. The fraction of sp³-hybridized carbons (Fsp3) is 0.533. The zero-order chi connectivity index (χ0) is 14.9. The van der Waals surface area contributed by atoms with Crippen molar-refractivity contribution in [1.82, 2.24) is 4.90 Å². The molecule has 1 unspecified atom stereocenters. The van der Waals surface area contributed by atoms with Crippen molar-refractivity contribution in [2.24, 2.45) is 0 Å². The molecule has 1 amide bonds. The Kier molecular flexibility index (Phi) is 4.11. The number of halogens is 1. The molecule has 1 aromatic carbocycles. The van der Waals surface area contributed by atoms with Crippen LogP contribution in [0.2, 0.25) is 0 Å². The first-order valence-corrected chi connectivity index (χ1v) is 6.68. The summed E-state index contributed by atoms with van der Waals surface area (Å²) in [6, 6.07) is 4.81. The number of aryl methyl sites for hydroxylation is 1. The van der Waals surface area contributed by atoms with Crippen molar-refractivity contribution in [1.29, 1.82) is 0 Å². The summed E-state index contributed by atoms with van der Waals surface area (Å²) in [6.07, 6.45) is -0.283. The lowest BCUT2D eigenvalue weighted by atomic mass is 10.0. The minimum Gasteiger partial charge on any atom is -0.381 e. The van der Waals surface area contributed by atoms with Gasteiger partial charge >= 0.3 is 0 Å². The van der Waals surface area contributed by atoms with Gasteiger partial charge in [0.15, 0.2) is 0 Å². The van der Waals surface area contributed by atoms with Crippen LogP contribution in [-0.4, -0.2) is 41.2 Å². The second-order valence-electron chi connectivity index (χ2n) is 5.68. The quantitative estimate of drug-likeness (QED) is 0.899. The third kappa shape index (κ3) is 3.16. The minimum atomic E-state index is -1.39. The zero-order valence-corrected chi connectivity index (χ0v) is 12.0.